The molecule has 1 aliphatic heterocycles. The summed E-state index contributed by atoms with van der Waals surface area (Å²) in [6.07, 6.45) is 4.47. The minimum absolute atomic E-state index is 0.191. The number of ether oxygens (including phenoxy) is 2. The number of rotatable bonds is 5. The second-order valence-electron chi connectivity index (χ2n) is 9.22. The van der Waals surface area contributed by atoms with Gasteiger partial charge < -0.3 is 14.0 Å². The highest BCUT2D eigenvalue weighted by atomic mass is 32.1. The molecule has 0 aliphatic carbocycles. The predicted octanol–water partition coefficient (Wildman–Crippen LogP) is 4.69. The van der Waals surface area contributed by atoms with Crippen LogP contribution in [0.15, 0.2) is 36.7 Å². The predicted molar refractivity (Wildman–Crippen MR) is 137 cm³/mol. The summed E-state index contributed by atoms with van der Waals surface area (Å²) in [4.78, 5) is 22.7. The molecule has 37 heavy (non-hydrogen) atoms. The van der Waals surface area contributed by atoms with Gasteiger partial charge in [0.25, 0.3) is 0 Å². The number of nitrogens with zero attached hydrogens (tertiary/aromatic N) is 6. The van der Waals surface area contributed by atoms with E-state index in [1.807, 2.05) is 20.0 Å². The van der Waals surface area contributed by atoms with Crippen LogP contribution >= 0.6 is 11.3 Å². The normalized spacial score (nSPS) is 15.5. The highest BCUT2D eigenvalue weighted by Gasteiger charge is 2.32. The molecule has 5 aromatic heterocycles. The van der Waals surface area contributed by atoms with Gasteiger partial charge in [0.1, 0.15) is 17.0 Å². The number of methoxy groups -OCH3 is 1. The molecule has 1 unspecified atom stereocenters. The number of aromatic nitrogens is 6. The minimum atomic E-state index is -0.453. The van der Waals surface area contributed by atoms with Crippen molar-refractivity contribution in [2.45, 2.75) is 25.8 Å². The van der Waals surface area contributed by atoms with Crippen molar-refractivity contribution >= 4 is 38.6 Å². The van der Waals surface area contributed by atoms with Gasteiger partial charge in [-0.15, -0.1) is 16.4 Å². The Hall–Kier alpha value is -3.70. The second kappa shape index (κ2) is 9.31. The average Bonchev–Trinajstić information content (AvgIpc) is 3.57. The number of carbonyl (C=O) groups is 1. The van der Waals surface area contributed by atoms with Crippen LogP contribution < -0.4 is 0 Å². The summed E-state index contributed by atoms with van der Waals surface area (Å²) < 4.78 is 29.5. The van der Waals surface area contributed by atoms with E-state index in [1.165, 1.54) is 19.4 Å². The van der Waals surface area contributed by atoms with Gasteiger partial charge in [-0.3, -0.25) is 9.97 Å². The van der Waals surface area contributed by atoms with E-state index in [2.05, 4.69) is 25.9 Å². The molecule has 6 heterocycles. The van der Waals surface area contributed by atoms with Crippen LogP contribution in [-0.4, -0.2) is 55.8 Å². The first kappa shape index (κ1) is 23.7. The van der Waals surface area contributed by atoms with Crippen molar-refractivity contribution in [2.24, 2.45) is 13.0 Å². The molecule has 0 amide bonds. The van der Waals surface area contributed by atoms with Gasteiger partial charge in [-0.1, -0.05) is 5.21 Å². The summed E-state index contributed by atoms with van der Waals surface area (Å²) in [5, 5.41) is 8.40. The number of hydrogen-bond donors (Lipinski definition) is 0. The monoisotopic (exact) mass is 520 g/mol. The third-order valence-corrected chi connectivity index (χ3v) is 8.15. The first-order valence-electron chi connectivity index (χ1n) is 12.0. The molecule has 11 heteroatoms. The Kier molecular flexibility index (Phi) is 5.96. The Morgan fingerprint density at radius 2 is 2.00 bits per heavy atom. The molecule has 190 valence electrons. The van der Waals surface area contributed by atoms with E-state index in [0.717, 1.165) is 56.1 Å². The Morgan fingerprint density at radius 1 is 1.19 bits per heavy atom. The number of halogens is 1. The topological polar surface area (TPSA) is 97.0 Å². The van der Waals surface area contributed by atoms with Crippen molar-refractivity contribution in [1.29, 1.82) is 0 Å². The van der Waals surface area contributed by atoms with Crippen molar-refractivity contribution in [3.8, 4) is 10.6 Å². The lowest BCUT2D eigenvalue weighted by Gasteiger charge is -2.32. The zero-order valence-corrected chi connectivity index (χ0v) is 21.5. The lowest BCUT2D eigenvalue weighted by Crippen LogP contribution is -2.27. The minimum Gasteiger partial charge on any atom is -0.465 e. The highest BCUT2D eigenvalue weighted by Crippen LogP contribution is 2.44. The van der Waals surface area contributed by atoms with E-state index in [9.17, 15) is 9.18 Å². The van der Waals surface area contributed by atoms with Crippen molar-refractivity contribution in [2.75, 3.05) is 20.3 Å². The van der Waals surface area contributed by atoms with Gasteiger partial charge in [-0.2, -0.15) is 0 Å². The van der Waals surface area contributed by atoms with Crippen molar-refractivity contribution in [3.63, 3.8) is 0 Å². The first-order valence-corrected chi connectivity index (χ1v) is 12.9. The standard InChI is InChI=1S/C26H25FN6O3S/c1-14-23(32(2)31-30-14)21-11-20-25(37-21)22-19(10-16(12-29-22)26(34)35-3)33(20)24(15-6-8-36-9-7-15)18-5-4-17(27)13-28-18/h4-5,10-13,15,24H,6-9H2,1-3H3. The molecular formula is C26H25FN6O3S. The summed E-state index contributed by atoms with van der Waals surface area (Å²) in [5.74, 6) is -0.648. The zero-order valence-electron chi connectivity index (χ0n) is 20.6. The van der Waals surface area contributed by atoms with E-state index in [0.29, 0.717) is 18.8 Å². The van der Waals surface area contributed by atoms with Crippen molar-refractivity contribution in [3.05, 3.63) is 59.4 Å². The lowest BCUT2D eigenvalue weighted by molar-refractivity contribution is 0.0547. The van der Waals surface area contributed by atoms with E-state index < -0.39 is 5.97 Å². The molecule has 1 fully saturated rings. The number of fused-ring (bicyclic) bond motifs is 3. The number of esters is 1. The maximum atomic E-state index is 13.9. The Labute approximate surface area is 215 Å². The number of hydrogen-bond acceptors (Lipinski definition) is 8. The molecule has 1 aliphatic rings. The van der Waals surface area contributed by atoms with Gasteiger partial charge in [0.15, 0.2) is 0 Å². The SMILES string of the molecule is COC(=O)c1cnc2c3sc(-c4c(C)nnn4C)cc3n(C(c3ccc(F)cn3)C3CCOCC3)c2c1. The van der Waals surface area contributed by atoms with Crippen LogP contribution in [0, 0.1) is 18.7 Å². The van der Waals surface area contributed by atoms with Crippen LogP contribution in [0.3, 0.4) is 0 Å². The van der Waals surface area contributed by atoms with Crippen LogP contribution in [0.4, 0.5) is 4.39 Å². The van der Waals surface area contributed by atoms with Crippen LogP contribution in [0.2, 0.25) is 0 Å². The third kappa shape index (κ3) is 3.98. The third-order valence-electron chi connectivity index (χ3n) is 7.01. The van der Waals surface area contributed by atoms with Gasteiger partial charge in [-0.25, -0.2) is 13.9 Å². The van der Waals surface area contributed by atoms with E-state index >= 15 is 0 Å². The summed E-state index contributed by atoms with van der Waals surface area (Å²) >= 11 is 1.61. The van der Waals surface area contributed by atoms with Gasteiger partial charge in [-0.05, 0) is 49.9 Å². The molecule has 6 rings (SSSR count). The van der Waals surface area contributed by atoms with Crippen LogP contribution in [0.5, 0.6) is 0 Å². The quantitative estimate of drug-likeness (QED) is 0.310. The van der Waals surface area contributed by atoms with Gasteiger partial charge >= 0.3 is 5.97 Å². The lowest BCUT2D eigenvalue weighted by atomic mass is 9.89. The Balaban J connectivity index is 1.66. The Bertz CT molecular complexity index is 1600. The summed E-state index contributed by atoms with van der Waals surface area (Å²) in [6, 6.07) is 6.92. The largest absolute Gasteiger partial charge is 0.465 e. The first-order chi connectivity index (χ1) is 18.0. The molecule has 0 aromatic carbocycles. The second-order valence-corrected chi connectivity index (χ2v) is 10.3. The number of carbonyl (C=O) groups excluding carboxylic acids is 1. The van der Waals surface area contributed by atoms with Crippen LogP contribution in [-0.2, 0) is 16.5 Å². The fourth-order valence-electron chi connectivity index (χ4n) is 5.29. The summed E-state index contributed by atoms with van der Waals surface area (Å²) in [6.45, 7) is 3.23. The van der Waals surface area contributed by atoms with Crippen molar-refractivity contribution < 1.29 is 18.7 Å². The molecule has 5 aromatic rings. The summed E-state index contributed by atoms with van der Waals surface area (Å²) in [7, 11) is 3.23. The molecule has 0 spiro atoms. The fourth-order valence-corrected chi connectivity index (χ4v) is 6.58. The molecule has 0 radical (unpaired) electrons. The molecule has 0 bridgehead atoms. The zero-order chi connectivity index (χ0) is 25.7. The highest BCUT2D eigenvalue weighted by molar-refractivity contribution is 7.23. The van der Waals surface area contributed by atoms with Gasteiger partial charge in [0, 0.05) is 26.5 Å². The van der Waals surface area contributed by atoms with Crippen LogP contribution in [0.1, 0.15) is 40.6 Å². The number of thiophene rings is 1. The van der Waals surface area contributed by atoms with E-state index in [4.69, 9.17) is 14.5 Å². The van der Waals surface area contributed by atoms with Gasteiger partial charge in [0.2, 0.25) is 0 Å². The Morgan fingerprint density at radius 3 is 2.68 bits per heavy atom. The molecule has 0 N–H and O–H groups in total. The number of pyridine rings is 2. The van der Waals surface area contributed by atoms with E-state index in [-0.39, 0.29) is 17.8 Å². The fraction of sp³-hybridized carbons (Fsp3) is 0.346. The van der Waals surface area contributed by atoms with Crippen molar-refractivity contribution in [1.82, 2.24) is 29.5 Å². The van der Waals surface area contributed by atoms with E-state index in [1.54, 1.807) is 28.3 Å². The molecule has 9 nitrogen and oxygen atoms in total. The maximum absolute atomic E-state index is 13.9. The van der Waals surface area contributed by atoms with Gasteiger partial charge in [0.05, 0.1) is 56.9 Å². The molecule has 1 atom stereocenters. The smallest absolute Gasteiger partial charge is 0.339 e. The maximum Gasteiger partial charge on any atom is 0.339 e. The van der Waals surface area contributed by atoms with Crippen LogP contribution in [0.25, 0.3) is 31.8 Å². The molecular weight excluding hydrogens is 495 g/mol. The number of aryl methyl sites for hydroxylation is 2. The molecule has 1 saturated heterocycles. The molecule has 0 saturated carbocycles. The average molecular weight is 521 g/mol. The summed E-state index contributed by atoms with van der Waals surface area (Å²) in [5.41, 5.74) is 5.45.